The molecular weight excluding hydrogens is 220 g/mol. The van der Waals surface area contributed by atoms with Gasteiger partial charge in [-0.3, -0.25) is 15.1 Å². The lowest BCUT2D eigenvalue weighted by Gasteiger charge is -1.96. The van der Waals surface area contributed by atoms with Gasteiger partial charge < -0.3 is 4.42 Å². The van der Waals surface area contributed by atoms with Crippen molar-refractivity contribution in [2.45, 2.75) is 12.8 Å². The summed E-state index contributed by atoms with van der Waals surface area (Å²) in [5.74, 6) is 0.444. The molecule has 3 rings (SSSR count). The van der Waals surface area contributed by atoms with E-state index in [0.717, 1.165) is 18.4 Å². The molecule has 6 nitrogen and oxygen atoms in total. The highest BCUT2D eigenvalue weighted by Gasteiger charge is 2.30. The summed E-state index contributed by atoms with van der Waals surface area (Å²) < 4.78 is 5.34. The first-order valence-electron chi connectivity index (χ1n) is 5.38. The van der Waals surface area contributed by atoms with Crippen LogP contribution in [0, 0.1) is 5.92 Å². The van der Waals surface area contributed by atoms with Crippen molar-refractivity contribution >= 4 is 11.9 Å². The lowest BCUT2D eigenvalue weighted by molar-refractivity contribution is -0.117. The standard InChI is InChI=1S/C11H10N4O2/c16-9(7-1-2-7)13-11-15-14-10(17-11)8-3-5-12-6-4-8/h3-7H,1-2H2,(H,13,15,16). The minimum atomic E-state index is -0.0464. The first-order chi connectivity index (χ1) is 8.33. The van der Waals surface area contributed by atoms with Gasteiger partial charge in [0.15, 0.2) is 0 Å². The van der Waals surface area contributed by atoms with E-state index in [1.165, 1.54) is 0 Å². The molecule has 0 radical (unpaired) electrons. The Bertz CT molecular complexity index is 533. The topological polar surface area (TPSA) is 80.9 Å². The van der Waals surface area contributed by atoms with Crippen LogP contribution in [0.3, 0.4) is 0 Å². The van der Waals surface area contributed by atoms with Crippen LogP contribution in [0.4, 0.5) is 6.01 Å². The predicted molar refractivity (Wildman–Crippen MR) is 58.9 cm³/mol. The number of amides is 1. The van der Waals surface area contributed by atoms with Gasteiger partial charge in [0.1, 0.15) is 0 Å². The van der Waals surface area contributed by atoms with E-state index in [1.807, 2.05) is 0 Å². The number of carbonyl (C=O) groups is 1. The molecule has 1 amide bonds. The van der Waals surface area contributed by atoms with Crippen molar-refractivity contribution in [3.05, 3.63) is 24.5 Å². The van der Waals surface area contributed by atoms with Crippen LogP contribution in [0.1, 0.15) is 12.8 Å². The van der Waals surface area contributed by atoms with Crippen LogP contribution in [0.5, 0.6) is 0 Å². The van der Waals surface area contributed by atoms with E-state index < -0.39 is 0 Å². The average Bonchev–Trinajstić information content (AvgIpc) is 3.12. The zero-order valence-electron chi connectivity index (χ0n) is 8.96. The van der Waals surface area contributed by atoms with Crippen molar-refractivity contribution in [2.75, 3.05) is 5.32 Å². The highest BCUT2D eigenvalue weighted by molar-refractivity contribution is 5.92. The summed E-state index contributed by atoms with van der Waals surface area (Å²) in [6, 6.07) is 3.67. The van der Waals surface area contributed by atoms with E-state index in [4.69, 9.17) is 4.42 Å². The fourth-order valence-corrected chi connectivity index (χ4v) is 1.44. The first-order valence-corrected chi connectivity index (χ1v) is 5.38. The largest absolute Gasteiger partial charge is 0.403 e. The van der Waals surface area contributed by atoms with Crippen LogP contribution in [0.2, 0.25) is 0 Å². The van der Waals surface area contributed by atoms with Crippen LogP contribution in [0.15, 0.2) is 28.9 Å². The Hall–Kier alpha value is -2.24. The zero-order valence-corrected chi connectivity index (χ0v) is 8.96. The fourth-order valence-electron chi connectivity index (χ4n) is 1.44. The molecule has 2 aromatic heterocycles. The van der Waals surface area contributed by atoms with Gasteiger partial charge in [-0.15, -0.1) is 5.10 Å². The zero-order chi connectivity index (χ0) is 11.7. The third kappa shape index (κ3) is 2.15. The molecule has 0 unspecified atom stereocenters. The summed E-state index contributed by atoms with van der Waals surface area (Å²) in [7, 11) is 0. The molecule has 0 bridgehead atoms. The van der Waals surface area contributed by atoms with Crippen molar-refractivity contribution in [3.8, 4) is 11.5 Å². The Labute approximate surface area is 97.1 Å². The molecule has 86 valence electrons. The SMILES string of the molecule is O=C(Nc1nnc(-c2ccncc2)o1)C1CC1. The molecule has 6 heteroatoms. The molecule has 0 atom stereocenters. The number of nitrogens with zero attached hydrogens (tertiary/aromatic N) is 3. The van der Waals surface area contributed by atoms with Gasteiger partial charge in [0.2, 0.25) is 11.8 Å². The lowest BCUT2D eigenvalue weighted by atomic mass is 10.3. The predicted octanol–water partition coefficient (Wildman–Crippen LogP) is 1.48. The Morgan fingerprint density at radius 3 is 2.76 bits per heavy atom. The van der Waals surface area contributed by atoms with E-state index in [1.54, 1.807) is 24.5 Å². The molecule has 0 aromatic carbocycles. The van der Waals surface area contributed by atoms with Crippen LogP contribution in [0.25, 0.3) is 11.5 Å². The first kappa shape index (κ1) is 9.95. The molecule has 1 fully saturated rings. The molecule has 0 spiro atoms. The van der Waals surface area contributed by atoms with Gasteiger partial charge >= 0.3 is 6.01 Å². The molecule has 1 saturated carbocycles. The van der Waals surface area contributed by atoms with Gasteiger partial charge in [-0.1, -0.05) is 5.10 Å². The minimum Gasteiger partial charge on any atom is -0.403 e. The Balaban J connectivity index is 1.76. The lowest BCUT2D eigenvalue weighted by Crippen LogP contribution is -2.13. The molecule has 2 aromatic rings. The smallest absolute Gasteiger partial charge is 0.322 e. The molecule has 1 aliphatic rings. The summed E-state index contributed by atoms with van der Waals surface area (Å²) in [6.45, 7) is 0. The second-order valence-corrected chi connectivity index (χ2v) is 3.91. The Kier molecular flexibility index (Phi) is 2.32. The number of pyridine rings is 1. The van der Waals surface area contributed by atoms with Gasteiger partial charge in [-0.2, -0.15) is 0 Å². The van der Waals surface area contributed by atoms with Gasteiger partial charge in [0, 0.05) is 23.9 Å². The van der Waals surface area contributed by atoms with Crippen molar-refractivity contribution in [1.82, 2.24) is 15.2 Å². The summed E-state index contributed by atoms with van der Waals surface area (Å²) in [5, 5.41) is 10.2. The summed E-state index contributed by atoms with van der Waals surface area (Å²) in [5.41, 5.74) is 0.777. The number of carbonyl (C=O) groups excluding carboxylic acids is 1. The maximum absolute atomic E-state index is 11.5. The van der Waals surface area contributed by atoms with E-state index >= 15 is 0 Å². The molecular formula is C11H10N4O2. The summed E-state index contributed by atoms with van der Waals surface area (Å²) in [6.07, 6.45) is 5.17. The average molecular weight is 230 g/mol. The van der Waals surface area contributed by atoms with Gasteiger partial charge in [0.05, 0.1) is 0 Å². The Morgan fingerprint density at radius 2 is 2.06 bits per heavy atom. The molecule has 17 heavy (non-hydrogen) atoms. The fraction of sp³-hybridized carbons (Fsp3) is 0.273. The summed E-state index contributed by atoms with van der Waals surface area (Å²) in [4.78, 5) is 15.4. The normalized spacial score (nSPS) is 14.6. The second kappa shape index (κ2) is 3.97. The van der Waals surface area contributed by atoms with E-state index in [2.05, 4.69) is 20.5 Å². The van der Waals surface area contributed by atoms with Crippen molar-refractivity contribution in [3.63, 3.8) is 0 Å². The molecule has 1 N–H and O–H groups in total. The van der Waals surface area contributed by atoms with E-state index in [0.29, 0.717) is 5.89 Å². The monoisotopic (exact) mass is 230 g/mol. The molecule has 0 saturated heterocycles. The van der Waals surface area contributed by atoms with E-state index in [9.17, 15) is 4.79 Å². The molecule has 1 aliphatic carbocycles. The minimum absolute atomic E-state index is 0.0464. The maximum Gasteiger partial charge on any atom is 0.322 e. The van der Waals surface area contributed by atoms with Gasteiger partial charge in [-0.25, -0.2) is 0 Å². The third-order valence-corrected chi connectivity index (χ3v) is 2.53. The number of rotatable bonds is 3. The highest BCUT2D eigenvalue weighted by atomic mass is 16.4. The highest BCUT2D eigenvalue weighted by Crippen LogP contribution is 2.30. The summed E-state index contributed by atoms with van der Waals surface area (Å²) >= 11 is 0. The molecule has 0 aliphatic heterocycles. The number of nitrogens with one attached hydrogen (secondary N) is 1. The van der Waals surface area contributed by atoms with Gasteiger partial charge in [-0.05, 0) is 25.0 Å². The Morgan fingerprint density at radius 1 is 1.29 bits per heavy atom. The number of anilines is 1. The van der Waals surface area contributed by atoms with Gasteiger partial charge in [0.25, 0.3) is 0 Å². The number of hydrogen-bond donors (Lipinski definition) is 1. The third-order valence-electron chi connectivity index (χ3n) is 2.53. The maximum atomic E-state index is 11.5. The van der Waals surface area contributed by atoms with Crippen molar-refractivity contribution in [1.29, 1.82) is 0 Å². The van der Waals surface area contributed by atoms with Crippen molar-refractivity contribution < 1.29 is 9.21 Å². The van der Waals surface area contributed by atoms with Crippen LogP contribution in [-0.2, 0) is 4.79 Å². The van der Waals surface area contributed by atoms with Crippen molar-refractivity contribution in [2.24, 2.45) is 5.92 Å². The van der Waals surface area contributed by atoms with E-state index in [-0.39, 0.29) is 17.8 Å². The number of aromatic nitrogens is 3. The van der Waals surface area contributed by atoms with Crippen LogP contribution < -0.4 is 5.32 Å². The molecule has 2 heterocycles. The van der Waals surface area contributed by atoms with Crippen LogP contribution in [-0.4, -0.2) is 21.1 Å². The quantitative estimate of drug-likeness (QED) is 0.863. The van der Waals surface area contributed by atoms with Crippen LogP contribution >= 0.6 is 0 Å². The number of hydrogen-bond acceptors (Lipinski definition) is 5. The second-order valence-electron chi connectivity index (χ2n) is 3.91.